The number of pyridine rings is 1. The number of phosphoric ester groups is 1. The minimum atomic E-state index is -4.89. The quantitative estimate of drug-likeness (QED) is 0.235. The van der Waals surface area contributed by atoms with Crippen molar-refractivity contribution in [1.29, 1.82) is 0 Å². The normalized spacial score (nSPS) is 20.7. The van der Waals surface area contributed by atoms with Gasteiger partial charge in [-0.2, -0.15) is 0 Å². The Morgan fingerprint density at radius 2 is 1.85 bits per heavy atom. The van der Waals surface area contributed by atoms with Gasteiger partial charge in [0.1, 0.15) is 17.2 Å². The lowest BCUT2D eigenvalue weighted by Gasteiger charge is -2.42. The molecule has 3 aliphatic heterocycles. The summed E-state index contributed by atoms with van der Waals surface area (Å²) in [6.07, 6.45) is 0.343. The van der Waals surface area contributed by atoms with Crippen molar-refractivity contribution in [2.75, 3.05) is 40.5 Å². The summed E-state index contributed by atoms with van der Waals surface area (Å²) < 4.78 is 54.3. The fourth-order valence-corrected chi connectivity index (χ4v) is 6.40. The first-order valence-electron chi connectivity index (χ1n) is 16.0. The van der Waals surface area contributed by atoms with E-state index >= 15 is 0 Å². The van der Waals surface area contributed by atoms with E-state index < -0.39 is 85.2 Å². The van der Waals surface area contributed by atoms with E-state index in [0.29, 0.717) is 31.0 Å². The van der Waals surface area contributed by atoms with E-state index in [4.69, 9.17) is 19.4 Å². The first-order chi connectivity index (χ1) is 24.4. The van der Waals surface area contributed by atoms with Crippen LogP contribution in [0.5, 0.6) is 5.75 Å². The van der Waals surface area contributed by atoms with Crippen LogP contribution in [0, 0.1) is 11.6 Å². The molecular weight excluding hydrogens is 717 g/mol. The number of hydrogen-bond donors (Lipinski definition) is 3. The fourth-order valence-electron chi connectivity index (χ4n) is 6.21. The second-order valence-corrected chi connectivity index (χ2v) is 14.0. The molecule has 52 heavy (non-hydrogen) atoms. The van der Waals surface area contributed by atoms with Gasteiger partial charge in [0.05, 0.1) is 11.8 Å². The molecule has 3 aliphatic rings. The summed E-state index contributed by atoms with van der Waals surface area (Å²) in [7, 11) is -2.35. The summed E-state index contributed by atoms with van der Waals surface area (Å²) in [6.45, 7) is 1.86. The number of oxime groups is 1. The van der Waals surface area contributed by atoms with Gasteiger partial charge in [-0.1, -0.05) is 11.2 Å². The molecule has 18 nitrogen and oxygen atoms in total. The van der Waals surface area contributed by atoms with Crippen molar-refractivity contribution in [2.24, 2.45) is 5.16 Å². The molecule has 0 saturated carbocycles. The Morgan fingerprint density at radius 3 is 2.48 bits per heavy atom. The Bertz CT molecular complexity index is 1920. The lowest BCUT2D eigenvalue weighted by Crippen LogP contribution is -2.52. The lowest BCUT2D eigenvalue weighted by atomic mass is 9.84. The molecule has 1 spiro atoms. The molecule has 3 N–H and O–H groups in total. The zero-order valence-electron chi connectivity index (χ0n) is 28.5. The molecule has 0 unspecified atom stereocenters. The number of fused-ring (bicyclic) bond motifs is 5. The Labute approximate surface area is 295 Å². The van der Waals surface area contributed by atoms with Gasteiger partial charge in [-0.3, -0.25) is 14.4 Å². The predicted octanol–water partition coefficient (Wildman–Crippen LogP) is 2.34. The predicted molar refractivity (Wildman–Crippen MR) is 174 cm³/mol. The Morgan fingerprint density at radius 1 is 1.15 bits per heavy atom. The van der Waals surface area contributed by atoms with E-state index in [1.54, 1.807) is 11.8 Å². The summed E-state index contributed by atoms with van der Waals surface area (Å²) in [5.41, 5.74) is -2.33. The van der Waals surface area contributed by atoms with Crippen molar-refractivity contribution < 1.29 is 61.1 Å². The third-order valence-electron chi connectivity index (χ3n) is 9.11. The molecule has 5 rings (SSSR count). The highest BCUT2D eigenvalue weighted by Crippen LogP contribution is 2.46. The average molecular weight is 755 g/mol. The topological polar surface area (TPSA) is 219 Å². The first-order valence-corrected chi connectivity index (χ1v) is 17.5. The van der Waals surface area contributed by atoms with Crippen LogP contribution in [0.4, 0.5) is 18.4 Å². The largest absolute Gasteiger partial charge is 0.472 e. The standard InChI is InChI=1S/C31H37F2N6O12P/c1-17-12-31(51-35-17)8-7-18(2)38-15-23(31)39-14-21(27(41)34-13-19-5-6-20(32)11-22(19)33)25(40)26(24(39)28(38)42)50-30(44)37(4)10-9-36(3)29(43)48-16-49-52(45,46)47/h5-6,11,14,18,23H,7-10,12-13,15-16H2,1-4H3,(H,34,41)(H2,45,46,47)/t18-,23+,31-/m0/s1. The number of halogens is 2. The molecule has 1 fully saturated rings. The molecular formula is C31H37F2N6O12P. The molecule has 4 heterocycles. The van der Waals surface area contributed by atoms with Gasteiger partial charge in [0, 0.05) is 70.6 Å². The Kier molecular flexibility index (Phi) is 11.0. The molecule has 2 aromatic rings. The van der Waals surface area contributed by atoms with Crippen LogP contribution in [0.25, 0.3) is 0 Å². The molecule has 0 radical (unpaired) electrons. The number of benzene rings is 1. The van der Waals surface area contributed by atoms with Gasteiger partial charge in [0.2, 0.25) is 18.0 Å². The van der Waals surface area contributed by atoms with E-state index in [1.807, 2.05) is 6.92 Å². The number of amides is 4. The maximum atomic E-state index is 14.4. The van der Waals surface area contributed by atoms with Crippen molar-refractivity contribution in [2.45, 2.75) is 57.3 Å². The number of phosphoric acid groups is 1. The molecule has 0 aliphatic carbocycles. The highest BCUT2D eigenvalue weighted by atomic mass is 31.2. The van der Waals surface area contributed by atoms with Gasteiger partial charge in [-0.15, -0.1) is 0 Å². The van der Waals surface area contributed by atoms with Gasteiger partial charge >= 0.3 is 20.0 Å². The number of nitrogens with one attached hydrogen (secondary N) is 1. The van der Waals surface area contributed by atoms with E-state index in [0.717, 1.165) is 21.9 Å². The zero-order valence-corrected chi connectivity index (χ0v) is 29.4. The van der Waals surface area contributed by atoms with Crippen molar-refractivity contribution in [3.8, 4) is 5.75 Å². The van der Waals surface area contributed by atoms with Crippen LogP contribution < -0.4 is 15.5 Å². The number of ether oxygens (including phenoxy) is 2. The van der Waals surface area contributed by atoms with E-state index in [1.165, 1.54) is 24.9 Å². The molecule has 1 saturated heterocycles. The second-order valence-electron chi connectivity index (χ2n) is 12.8. The molecule has 2 bridgehead atoms. The third-order valence-corrected chi connectivity index (χ3v) is 9.55. The van der Waals surface area contributed by atoms with Crippen molar-refractivity contribution >= 4 is 37.5 Å². The monoisotopic (exact) mass is 754 g/mol. The summed E-state index contributed by atoms with van der Waals surface area (Å²) in [6, 6.07) is 1.76. The third kappa shape index (κ3) is 8.09. The maximum absolute atomic E-state index is 14.4. The van der Waals surface area contributed by atoms with Crippen molar-refractivity contribution in [3.05, 3.63) is 63.1 Å². The second kappa shape index (κ2) is 15.0. The first kappa shape index (κ1) is 38.3. The summed E-state index contributed by atoms with van der Waals surface area (Å²) in [4.78, 5) is 94.2. The summed E-state index contributed by atoms with van der Waals surface area (Å²) in [5, 5.41) is 6.60. The number of nitrogens with zero attached hydrogens (tertiary/aromatic N) is 5. The molecule has 1 aromatic heterocycles. The molecule has 4 amide bonds. The van der Waals surface area contributed by atoms with E-state index in [2.05, 4.69) is 19.7 Å². The van der Waals surface area contributed by atoms with Crippen molar-refractivity contribution in [3.63, 3.8) is 0 Å². The highest BCUT2D eigenvalue weighted by molar-refractivity contribution is 7.46. The molecule has 1 aromatic carbocycles. The highest BCUT2D eigenvalue weighted by Gasteiger charge is 2.54. The van der Waals surface area contributed by atoms with Crippen molar-refractivity contribution in [1.82, 2.24) is 24.6 Å². The average Bonchev–Trinajstić information content (AvgIpc) is 3.41. The van der Waals surface area contributed by atoms with Gasteiger partial charge in [-0.25, -0.2) is 27.5 Å². The summed E-state index contributed by atoms with van der Waals surface area (Å²) in [5.74, 6) is -4.14. The van der Waals surface area contributed by atoms with Crippen LogP contribution in [0.3, 0.4) is 0 Å². The van der Waals surface area contributed by atoms with Gasteiger partial charge < -0.3 is 48.7 Å². The smallest absolute Gasteiger partial charge is 0.422 e. The van der Waals surface area contributed by atoms with Crippen LogP contribution in [0.1, 0.15) is 65.6 Å². The maximum Gasteiger partial charge on any atom is 0.472 e. The van der Waals surface area contributed by atoms with Gasteiger partial charge in [0.25, 0.3) is 11.8 Å². The van der Waals surface area contributed by atoms with Crippen LogP contribution in [0.15, 0.2) is 34.3 Å². The number of rotatable bonds is 10. The minimum Gasteiger partial charge on any atom is -0.422 e. The zero-order chi connectivity index (χ0) is 38.1. The van der Waals surface area contributed by atoms with Gasteiger partial charge in [-0.05, 0) is 32.8 Å². The SMILES string of the molecule is CC1=NO[C@@]2(CC[C@H](C)N3C[C@H]2n2cc(C(=O)NCc4ccc(F)cc4F)c(=O)c(OC(=O)N(C)CCN(C)C(=O)OCOP(=O)(O)O)c2C3=O)C1. The van der Waals surface area contributed by atoms with E-state index in [9.17, 15) is 37.3 Å². The lowest BCUT2D eigenvalue weighted by molar-refractivity contribution is -0.0655. The minimum absolute atomic E-state index is 0.0706. The number of hydrogen-bond acceptors (Lipinski definition) is 11. The van der Waals surface area contributed by atoms with Crippen LogP contribution in [-0.4, -0.2) is 111 Å². The number of likely N-dealkylation sites (N-methyl/N-ethyl adjacent to an activating group) is 2. The summed E-state index contributed by atoms with van der Waals surface area (Å²) >= 11 is 0. The van der Waals surface area contributed by atoms with Crippen LogP contribution >= 0.6 is 7.82 Å². The number of carbonyl (C=O) groups is 4. The van der Waals surface area contributed by atoms with E-state index in [-0.39, 0.29) is 36.9 Å². The van der Waals surface area contributed by atoms with Crippen LogP contribution in [0.2, 0.25) is 0 Å². The molecule has 3 atom stereocenters. The molecule has 282 valence electrons. The van der Waals surface area contributed by atoms with Crippen LogP contribution in [-0.2, 0) is 25.2 Å². The number of aromatic nitrogens is 1. The van der Waals surface area contributed by atoms with Gasteiger partial charge in [0.15, 0.2) is 11.3 Å². The molecule has 21 heteroatoms. The fraction of sp³-hybridized carbons (Fsp3) is 0.484. The Hall–Kier alpha value is -4.91. The Balaban J connectivity index is 1.46. The number of carbonyl (C=O) groups excluding carboxylic acids is 4.